The first kappa shape index (κ1) is 10.1. The van der Waals surface area contributed by atoms with Gasteiger partial charge in [0.15, 0.2) is 12.3 Å². The number of ether oxygens (including phenoxy) is 1. The first-order valence-electron chi connectivity index (χ1n) is 3.91. The standard InChI is InChI=1S/C8H10N4O2/c1-5-6(10)7(12(2)11-5)8(13)14-4-3-9/h4,10H2,1-2H3. The molecule has 0 saturated carbocycles. The van der Waals surface area contributed by atoms with Gasteiger partial charge in [0.1, 0.15) is 6.07 Å². The fraction of sp³-hybridized carbons (Fsp3) is 0.375. The summed E-state index contributed by atoms with van der Waals surface area (Å²) in [6.07, 6.45) is 0. The number of anilines is 1. The van der Waals surface area contributed by atoms with E-state index in [4.69, 9.17) is 11.0 Å². The number of nitrogen functional groups attached to an aromatic ring is 1. The summed E-state index contributed by atoms with van der Waals surface area (Å²) in [5, 5.41) is 12.2. The largest absolute Gasteiger partial charge is 0.445 e. The van der Waals surface area contributed by atoms with Crippen molar-refractivity contribution in [2.24, 2.45) is 7.05 Å². The molecule has 1 heterocycles. The molecule has 0 aliphatic heterocycles. The minimum atomic E-state index is -0.632. The minimum Gasteiger partial charge on any atom is -0.445 e. The van der Waals surface area contributed by atoms with E-state index in [0.29, 0.717) is 5.69 Å². The van der Waals surface area contributed by atoms with Gasteiger partial charge in [0.05, 0.1) is 11.4 Å². The fourth-order valence-corrected chi connectivity index (χ4v) is 1.08. The Labute approximate surface area is 80.9 Å². The monoisotopic (exact) mass is 194 g/mol. The van der Waals surface area contributed by atoms with Gasteiger partial charge in [-0.3, -0.25) is 4.68 Å². The summed E-state index contributed by atoms with van der Waals surface area (Å²) in [4.78, 5) is 11.3. The van der Waals surface area contributed by atoms with E-state index in [1.165, 1.54) is 4.68 Å². The summed E-state index contributed by atoms with van der Waals surface area (Å²) in [5.41, 5.74) is 6.64. The number of rotatable bonds is 2. The van der Waals surface area contributed by atoms with Crippen LogP contribution in [0.3, 0.4) is 0 Å². The quantitative estimate of drug-likeness (QED) is 0.668. The predicted octanol–water partition coefficient (Wildman–Crippen LogP) is -0.00890. The van der Waals surface area contributed by atoms with Crippen molar-refractivity contribution < 1.29 is 9.53 Å². The lowest BCUT2D eigenvalue weighted by Gasteiger charge is -2.01. The first-order chi connectivity index (χ1) is 6.57. The van der Waals surface area contributed by atoms with Gasteiger partial charge in [0, 0.05) is 7.05 Å². The van der Waals surface area contributed by atoms with Crippen molar-refractivity contribution in [3.8, 4) is 6.07 Å². The topological polar surface area (TPSA) is 93.9 Å². The number of nitrogens with two attached hydrogens (primary N) is 1. The molecule has 74 valence electrons. The second-order valence-corrected chi connectivity index (χ2v) is 2.71. The average molecular weight is 194 g/mol. The van der Waals surface area contributed by atoms with Gasteiger partial charge in [-0.05, 0) is 6.92 Å². The van der Waals surface area contributed by atoms with Crippen molar-refractivity contribution in [2.75, 3.05) is 12.3 Å². The molecule has 0 aliphatic carbocycles. The number of nitriles is 1. The summed E-state index contributed by atoms with van der Waals surface area (Å²) in [6.45, 7) is 1.40. The van der Waals surface area contributed by atoms with Gasteiger partial charge in [-0.15, -0.1) is 0 Å². The van der Waals surface area contributed by atoms with Crippen molar-refractivity contribution in [3.05, 3.63) is 11.4 Å². The fourth-order valence-electron chi connectivity index (χ4n) is 1.08. The van der Waals surface area contributed by atoms with E-state index in [1.807, 2.05) is 0 Å². The summed E-state index contributed by atoms with van der Waals surface area (Å²) < 4.78 is 5.95. The molecule has 0 radical (unpaired) electrons. The van der Waals surface area contributed by atoms with E-state index in [9.17, 15) is 4.79 Å². The second kappa shape index (κ2) is 3.79. The Morgan fingerprint density at radius 2 is 2.43 bits per heavy atom. The molecule has 1 aromatic rings. The van der Waals surface area contributed by atoms with Crippen LogP contribution in [0.25, 0.3) is 0 Å². The Morgan fingerprint density at radius 1 is 1.79 bits per heavy atom. The van der Waals surface area contributed by atoms with Crippen molar-refractivity contribution in [1.82, 2.24) is 9.78 Å². The molecule has 0 saturated heterocycles. The Hall–Kier alpha value is -2.03. The molecular weight excluding hydrogens is 184 g/mol. The maximum atomic E-state index is 11.3. The van der Waals surface area contributed by atoms with Gasteiger partial charge in [0.25, 0.3) is 0 Å². The molecule has 0 spiro atoms. The highest BCUT2D eigenvalue weighted by atomic mass is 16.5. The number of aryl methyl sites for hydroxylation is 2. The van der Waals surface area contributed by atoms with Crippen molar-refractivity contribution in [3.63, 3.8) is 0 Å². The second-order valence-electron chi connectivity index (χ2n) is 2.71. The SMILES string of the molecule is Cc1nn(C)c(C(=O)OCC#N)c1N. The molecule has 1 aromatic heterocycles. The maximum absolute atomic E-state index is 11.3. The average Bonchev–Trinajstić information content (AvgIpc) is 2.38. The van der Waals surface area contributed by atoms with Crippen LogP contribution in [0.1, 0.15) is 16.2 Å². The lowest BCUT2D eigenvalue weighted by molar-refractivity contribution is 0.0543. The lowest BCUT2D eigenvalue weighted by atomic mass is 10.3. The molecule has 14 heavy (non-hydrogen) atoms. The Bertz CT molecular complexity index is 402. The van der Waals surface area contributed by atoms with Crippen LogP contribution < -0.4 is 5.73 Å². The van der Waals surface area contributed by atoms with Crippen LogP contribution in [0.2, 0.25) is 0 Å². The summed E-state index contributed by atoms with van der Waals surface area (Å²) >= 11 is 0. The molecule has 0 aromatic carbocycles. The van der Waals surface area contributed by atoms with Crippen LogP contribution in [-0.4, -0.2) is 22.4 Å². The lowest BCUT2D eigenvalue weighted by Crippen LogP contribution is -2.12. The summed E-state index contributed by atoms with van der Waals surface area (Å²) in [7, 11) is 1.59. The van der Waals surface area contributed by atoms with Gasteiger partial charge >= 0.3 is 5.97 Å². The van der Waals surface area contributed by atoms with E-state index in [1.54, 1.807) is 20.0 Å². The first-order valence-corrected chi connectivity index (χ1v) is 3.91. The van der Waals surface area contributed by atoms with E-state index in [2.05, 4.69) is 9.84 Å². The van der Waals surface area contributed by atoms with Gasteiger partial charge < -0.3 is 10.5 Å². The number of esters is 1. The molecule has 0 amide bonds. The Kier molecular flexibility index (Phi) is 2.72. The van der Waals surface area contributed by atoms with Crippen LogP contribution in [0.15, 0.2) is 0 Å². The third kappa shape index (κ3) is 1.66. The van der Waals surface area contributed by atoms with Crippen LogP contribution in [-0.2, 0) is 11.8 Å². The third-order valence-corrected chi connectivity index (χ3v) is 1.73. The van der Waals surface area contributed by atoms with Crippen molar-refractivity contribution >= 4 is 11.7 Å². The zero-order valence-electron chi connectivity index (χ0n) is 7.94. The van der Waals surface area contributed by atoms with E-state index < -0.39 is 5.97 Å². The highest BCUT2D eigenvalue weighted by Crippen LogP contribution is 2.15. The smallest absolute Gasteiger partial charge is 0.359 e. The molecule has 6 nitrogen and oxygen atoms in total. The van der Waals surface area contributed by atoms with Crippen LogP contribution in [0, 0.1) is 18.3 Å². The van der Waals surface area contributed by atoms with Crippen molar-refractivity contribution in [1.29, 1.82) is 5.26 Å². The number of hydrogen-bond donors (Lipinski definition) is 1. The Morgan fingerprint density at radius 3 is 2.86 bits per heavy atom. The number of hydrogen-bond acceptors (Lipinski definition) is 5. The zero-order chi connectivity index (χ0) is 10.7. The van der Waals surface area contributed by atoms with E-state index >= 15 is 0 Å². The summed E-state index contributed by atoms with van der Waals surface area (Å²) in [5.74, 6) is -0.632. The summed E-state index contributed by atoms with van der Waals surface area (Å²) in [6, 6.07) is 1.70. The van der Waals surface area contributed by atoms with Crippen molar-refractivity contribution in [2.45, 2.75) is 6.92 Å². The molecule has 6 heteroatoms. The molecular formula is C8H10N4O2. The van der Waals surface area contributed by atoms with Crippen LogP contribution in [0.5, 0.6) is 0 Å². The molecule has 0 bridgehead atoms. The molecule has 1 rings (SSSR count). The maximum Gasteiger partial charge on any atom is 0.359 e. The molecule has 0 atom stereocenters. The van der Waals surface area contributed by atoms with E-state index in [-0.39, 0.29) is 18.0 Å². The van der Waals surface area contributed by atoms with Gasteiger partial charge in [-0.2, -0.15) is 10.4 Å². The molecule has 0 fully saturated rings. The number of nitrogens with zero attached hydrogens (tertiary/aromatic N) is 3. The third-order valence-electron chi connectivity index (χ3n) is 1.73. The molecule has 0 aliphatic rings. The highest BCUT2D eigenvalue weighted by Gasteiger charge is 2.18. The van der Waals surface area contributed by atoms with Gasteiger partial charge in [0.2, 0.25) is 0 Å². The normalized spacial score (nSPS) is 9.50. The van der Waals surface area contributed by atoms with Crippen LogP contribution >= 0.6 is 0 Å². The Balaban J connectivity index is 2.96. The predicted molar refractivity (Wildman–Crippen MR) is 48.3 cm³/mol. The molecule has 2 N–H and O–H groups in total. The van der Waals surface area contributed by atoms with Gasteiger partial charge in [-0.25, -0.2) is 4.79 Å². The number of aromatic nitrogens is 2. The zero-order valence-corrected chi connectivity index (χ0v) is 7.94. The van der Waals surface area contributed by atoms with E-state index in [0.717, 1.165) is 0 Å². The number of carbonyl (C=O) groups is 1. The number of carbonyl (C=O) groups excluding carboxylic acids is 1. The van der Waals surface area contributed by atoms with Crippen LogP contribution in [0.4, 0.5) is 5.69 Å². The minimum absolute atomic E-state index is 0.178. The highest BCUT2D eigenvalue weighted by molar-refractivity contribution is 5.93. The van der Waals surface area contributed by atoms with Gasteiger partial charge in [-0.1, -0.05) is 0 Å². The molecule has 0 unspecified atom stereocenters.